The molecule has 5 nitrogen and oxygen atoms in total. The maximum atomic E-state index is 12.1. The Kier molecular flexibility index (Phi) is 5.00. The normalized spacial score (nSPS) is 21.9. The number of aliphatic hydroxyl groups excluding tert-OH is 1. The quantitative estimate of drug-likeness (QED) is 0.739. The first-order valence-corrected chi connectivity index (χ1v) is 8.72. The summed E-state index contributed by atoms with van der Waals surface area (Å²) < 4.78 is 0. The van der Waals surface area contributed by atoms with Gasteiger partial charge in [0.25, 0.3) is 0 Å². The fraction of sp³-hybridized carbons (Fsp3) is 0.500. The highest BCUT2D eigenvalue weighted by molar-refractivity contribution is 7.99. The molecule has 3 rings (SSSR count). The zero-order valence-electron chi connectivity index (χ0n) is 12.4. The summed E-state index contributed by atoms with van der Waals surface area (Å²) in [5, 5.41) is 13.2. The highest BCUT2D eigenvalue weighted by atomic mass is 32.2. The Morgan fingerprint density at radius 2 is 2.18 bits per heavy atom. The van der Waals surface area contributed by atoms with E-state index in [-0.39, 0.29) is 24.5 Å². The van der Waals surface area contributed by atoms with Crippen LogP contribution in [0.25, 0.3) is 11.0 Å². The predicted octanol–water partition coefficient (Wildman–Crippen LogP) is 2.32. The second kappa shape index (κ2) is 7.15. The molecule has 0 radical (unpaired) electrons. The van der Waals surface area contributed by atoms with Crippen molar-refractivity contribution in [1.82, 2.24) is 15.3 Å². The number of carbonyl (C=O) groups is 1. The number of aromatic nitrogens is 2. The average Bonchev–Trinajstić information content (AvgIpc) is 2.96. The van der Waals surface area contributed by atoms with Crippen LogP contribution in [-0.4, -0.2) is 39.4 Å². The first kappa shape index (κ1) is 15.4. The van der Waals surface area contributed by atoms with Crippen molar-refractivity contribution in [3.05, 3.63) is 24.3 Å². The SMILES string of the molecule is O=C(CSc1nc2ccccc2[nH]1)NC1CCCCC1CO. The summed E-state index contributed by atoms with van der Waals surface area (Å²) in [4.78, 5) is 19.8. The Morgan fingerprint density at radius 1 is 1.36 bits per heavy atom. The molecule has 118 valence electrons. The summed E-state index contributed by atoms with van der Waals surface area (Å²) >= 11 is 1.41. The van der Waals surface area contributed by atoms with Crippen molar-refractivity contribution < 1.29 is 9.90 Å². The van der Waals surface area contributed by atoms with Gasteiger partial charge in [0, 0.05) is 18.6 Å². The van der Waals surface area contributed by atoms with Crippen molar-refractivity contribution in [2.24, 2.45) is 5.92 Å². The molecule has 2 aromatic rings. The van der Waals surface area contributed by atoms with Gasteiger partial charge in [-0.15, -0.1) is 0 Å². The largest absolute Gasteiger partial charge is 0.396 e. The lowest BCUT2D eigenvalue weighted by Crippen LogP contribution is -2.44. The summed E-state index contributed by atoms with van der Waals surface area (Å²) in [6, 6.07) is 7.94. The standard InChI is InChI=1S/C16H21N3O2S/c20-9-11-5-1-2-6-12(11)17-15(21)10-22-16-18-13-7-3-4-8-14(13)19-16/h3-4,7-8,11-12,20H,1-2,5-6,9-10H2,(H,17,21)(H,18,19). The van der Waals surface area contributed by atoms with Gasteiger partial charge in [-0.05, 0) is 25.0 Å². The second-order valence-corrected chi connectivity index (χ2v) is 6.71. The van der Waals surface area contributed by atoms with E-state index < -0.39 is 0 Å². The molecule has 1 aliphatic carbocycles. The Bertz CT molecular complexity index is 610. The maximum Gasteiger partial charge on any atom is 0.230 e. The second-order valence-electron chi connectivity index (χ2n) is 5.75. The van der Waals surface area contributed by atoms with Crippen LogP contribution in [0.2, 0.25) is 0 Å². The average molecular weight is 319 g/mol. The van der Waals surface area contributed by atoms with Crippen molar-refractivity contribution in [2.75, 3.05) is 12.4 Å². The van der Waals surface area contributed by atoms with E-state index in [0.29, 0.717) is 5.75 Å². The van der Waals surface area contributed by atoms with Gasteiger partial charge >= 0.3 is 0 Å². The number of aromatic amines is 1. The van der Waals surface area contributed by atoms with Crippen molar-refractivity contribution in [1.29, 1.82) is 0 Å². The summed E-state index contributed by atoms with van der Waals surface area (Å²) in [5.74, 6) is 0.554. The van der Waals surface area contributed by atoms with E-state index in [0.717, 1.165) is 41.9 Å². The monoisotopic (exact) mass is 319 g/mol. The number of para-hydroxylation sites is 2. The van der Waals surface area contributed by atoms with Crippen LogP contribution in [0.15, 0.2) is 29.4 Å². The van der Waals surface area contributed by atoms with Gasteiger partial charge in [-0.1, -0.05) is 36.7 Å². The number of hydrogen-bond donors (Lipinski definition) is 3. The van der Waals surface area contributed by atoms with E-state index >= 15 is 0 Å². The van der Waals surface area contributed by atoms with E-state index in [1.54, 1.807) is 0 Å². The third-order valence-corrected chi connectivity index (χ3v) is 5.07. The third-order valence-electron chi connectivity index (χ3n) is 4.20. The molecule has 1 aromatic carbocycles. The maximum absolute atomic E-state index is 12.1. The molecule has 1 fully saturated rings. The van der Waals surface area contributed by atoms with Crippen molar-refractivity contribution >= 4 is 28.7 Å². The van der Waals surface area contributed by atoms with Gasteiger partial charge in [0.15, 0.2) is 5.16 Å². The third kappa shape index (κ3) is 3.62. The van der Waals surface area contributed by atoms with Gasteiger partial charge in [0.05, 0.1) is 16.8 Å². The van der Waals surface area contributed by atoms with Gasteiger partial charge in [-0.25, -0.2) is 4.98 Å². The molecule has 0 bridgehead atoms. The molecule has 1 heterocycles. The Balaban J connectivity index is 1.53. The van der Waals surface area contributed by atoms with Gasteiger partial charge in [-0.2, -0.15) is 0 Å². The highest BCUT2D eigenvalue weighted by Crippen LogP contribution is 2.24. The molecule has 1 amide bonds. The van der Waals surface area contributed by atoms with Crippen LogP contribution in [0.4, 0.5) is 0 Å². The zero-order valence-corrected chi connectivity index (χ0v) is 13.2. The molecule has 2 atom stereocenters. The van der Waals surface area contributed by atoms with E-state index in [1.165, 1.54) is 11.8 Å². The fourth-order valence-electron chi connectivity index (χ4n) is 3.00. The Hall–Kier alpha value is -1.53. The fourth-order valence-corrected chi connectivity index (χ4v) is 3.69. The van der Waals surface area contributed by atoms with E-state index in [9.17, 15) is 9.90 Å². The molecule has 1 aromatic heterocycles. The predicted molar refractivity (Wildman–Crippen MR) is 87.8 cm³/mol. The molecule has 0 spiro atoms. The number of nitrogens with one attached hydrogen (secondary N) is 2. The lowest BCUT2D eigenvalue weighted by atomic mass is 9.85. The lowest BCUT2D eigenvalue weighted by Gasteiger charge is -2.30. The molecular weight excluding hydrogens is 298 g/mol. The number of aliphatic hydroxyl groups is 1. The Labute approximate surface area is 133 Å². The smallest absolute Gasteiger partial charge is 0.230 e. The molecule has 1 aliphatic rings. The van der Waals surface area contributed by atoms with E-state index in [2.05, 4.69) is 15.3 Å². The summed E-state index contributed by atoms with van der Waals surface area (Å²) in [5.41, 5.74) is 1.90. The van der Waals surface area contributed by atoms with Crippen LogP contribution in [0, 0.1) is 5.92 Å². The van der Waals surface area contributed by atoms with Crippen molar-refractivity contribution in [3.8, 4) is 0 Å². The molecule has 0 saturated heterocycles. The number of thioether (sulfide) groups is 1. The summed E-state index contributed by atoms with van der Waals surface area (Å²) in [7, 11) is 0. The van der Waals surface area contributed by atoms with Crippen LogP contribution < -0.4 is 5.32 Å². The minimum Gasteiger partial charge on any atom is -0.396 e. The molecule has 0 aliphatic heterocycles. The number of benzene rings is 1. The minimum absolute atomic E-state index is 0.0100. The number of imidazole rings is 1. The highest BCUT2D eigenvalue weighted by Gasteiger charge is 2.25. The minimum atomic E-state index is 0.0100. The number of H-pyrrole nitrogens is 1. The van der Waals surface area contributed by atoms with Gasteiger partial charge in [0.1, 0.15) is 0 Å². The van der Waals surface area contributed by atoms with Crippen molar-refractivity contribution in [2.45, 2.75) is 36.9 Å². The molecule has 2 unspecified atom stereocenters. The van der Waals surface area contributed by atoms with Crippen LogP contribution in [0.5, 0.6) is 0 Å². The first-order chi connectivity index (χ1) is 10.8. The van der Waals surface area contributed by atoms with Crippen LogP contribution >= 0.6 is 11.8 Å². The number of carbonyl (C=O) groups excluding carboxylic acids is 1. The zero-order chi connectivity index (χ0) is 15.4. The topological polar surface area (TPSA) is 78.0 Å². The van der Waals surface area contributed by atoms with Gasteiger partial charge in [0.2, 0.25) is 5.91 Å². The number of nitrogens with zero attached hydrogens (tertiary/aromatic N) is 1. The number of hydrogen-bond acceptors (Lipinski definition) is 4. The van der Waals surface area contributed by atoms with Gasteiger partial charge in [-0.3, -0.25) is 4.79 Å². The van der Waals surface area contributed by atoms with Gasteiger partial charge < -0.3 is 15.4 Å². The number of fused-ring (bicyclic) bond motifs is 1. The first-order valence-electron chi connectivity index (χ1n) is 7.74. The van der Waals surface area contributed by atoms with Crippen LogP contribution in [0.1, 0.15) is 25.7 Å². The molecule has 6 heteroatoms. The van der Waals surface area contributed by atoms with E-state index in [1.807, 2.05) is 24.3 Å². The summed E-state index contributed by atoms with van der Waals surface area (Å²) in [6.45, 7) is 0.154. The van der Waals surface area contributed by atoms with Crippen LogP contribution in [-0.2, 0) is 4.79 Å². The van der Waals surface area contributed by atoms with Crippen molar-refractivity contribution in [3.63, 3.8) is 0 Å². The Morgan fingerprint density at radius 3 is 3.00 bits per heavy atom. The molecule has 3 N–H and O–H groups in total. The number of rotatable bonds is 5. The molecule has 22 heavy (non-hydrogen) atoms. The lowest BCUT2D eigenvalue weighted by molar-refractivity contribution is -0.120. The number of amides is 1. The van der Waals surface area contributed by atoms with E-state index in [4.69, 9.17) is 0 Å². The van der Waals surface area contributed by atoms with Crippen LogP contribution in [0.3, 0.4) is 0 Å². The molecular formula is C16H21N3O2S. The summed E-state index contributed by atoms with van der Waals surface area (Å²) in [6.07, 6.45) is 4.23. The molecule has 1 saturated carbocycles.